The minimum atomic E-state index is -0.239. The first-order valence-electron chi connectivity index (χ1n) is 7.95. The van der Waals surface area contributed by atoms with Crippen LogP contribution in [0.4, 0.5) is 5.69 Å². The minimum absolute atomic E-state index is 0.0606. The second-order valence-electron chi connectivity index (χ2n) is 5.66. The number of nitrogens with zero attached hydrogens (tertiary/aromatic N) is 1. The molecule has 0 saturated carbocycles. The Kier molecular flexibility index (Phi) is 4.15. The van der Waals surface area contributed by atoms with Crippen LogP contribution < -0.4 is 5.32 Å². The highest BCUT2D eigenvalue weighted by Gasteiger charge is 2.30. The smallest absolute Gasteiger partial charge is 0.256 e. The normalized spacial score (nSPS) is 13.1. The first-order valence-corrected chi connectivity index (χ1v) is 7.95. The van der Waals surface area contributed by atoms with E-state index in [2.05, 4.69) is 12.2 Å². The lowest BCUT2D eigenvalue weighted by Crippen LogP contribution is -2.24. The molecule has 4 heteroatoms. The van der Waals surface area contributed by atoms with E-state index in [0.717, 1.165) is 17.7 Å². The van der Waals surface area contributed by atoms with E-state index in [4.69, 9.17) is 0 Å². The number of aryl methyl sites for hydroxylation is 1. The molecule has 2 amide bonds. The maximum Gasteiger partial charge on any atom is 0.256 e. The van der Waals surface area contributed by atoms with Crippen molar-refractivity contribution in [2.45, 2.75) is 26.8 Å². The van der Waals surface area contributed by atoms with Crippen molar-refractivity contribution < 1.29 is 9.59 Å². The maximum atomic E-state index is 12.6. The van der Waals surface area contributed by atoms with Crippen molar-refractivity contribution in [3.05, 3.63) is 64.7 Å². The van der Waals surface area contributed by atoms with Gasteiger partial charge < -0.3 is 10.2 Å². The molecule has 1 aliphatic rings. The van der Waals surface area contributed by atoms with Crippen LogP contribution in [-0.4, -0.2) is 23.3 Å². The molecule has 0 aliphatic carbocycles. The van der Waals surface area contributed by atoms with E-state index < -0.39 is 0 Å². The third kappa shape index (κ3) is 2.84. The molecule has 4 nitrogen and oxygen atoms in total. The number of hydrogen-bond acceptors (Lipinski definition) is 2. The van der Waals surface area contributed by atoms with Crippen LogP contribution >= 0.6 is 0 Å². The molecule has 118 valence electrons. The minimum Gasteiger partial charge on any atom is -0.335 e. The zero-order valence-electron chi connectivity index (χ0n) is 13.4. The Morgan fingerprint density at radius 1 is 1.13 bits per heavy atom. The van der Waals surface area contributed by atoms with E-state index in [-0.39, 0.29) is 11.8 Å². The van der Waals surface area contributed by atoms with Crippen molar-refractivity contribution in [1.82, 2.24) is 4.90 Å². The van der Waals surface area contributed by atoms with E-state index in [1.165, 1.54) is 5.56 Å². The number of nitrogens with one attached hydrogen (secondary N) is 1. The predicted octanol–water partition coefficient (Wildman–Crippen LogP) is 3.48. The summed E-state index contributed by atoms with van der Waals surface area (Å²) in [6, 6.07) is 13.2. The zero-order valence-corrected chi connectivity index (χ0v) is 13.4. The number of carbonyl (C=O) groups excluding carboxylic acids is 2. The van der Waals surface area contributed by atoms with Gasteiger partial charge >= 0.3 is 0 Å². The lowest BCUT2D eigenvalue weighted by atomic mass is 10.0. The summed E-state index contributed by atoms with van der Waals surface area (Å²) in [5.74, 6) is -0.299. The fraction of sp³-hybridized carbons (Fsp3) is 0.263. The van der Waals surface area contributed by atoms with Gasteiger partial charge in [0.1, 0.15) is 0 Å². The quantitative estimate of drug-likeness (QED) is 0.940. The molecule has 0 fully saturated rings. The number of carbonyl (C=O) groups is 2. The van der Waals surface area contributed by atoms with Crippen LogP contribution in [0.2, 0.25) is 0 Å². The summed E-state index contributed by atoms with van der Waals surface area (Å²) in [5, 5.41) is 2.88. The van der Waals surface area contributed by atoms with Gasteiger partial charge in [0.25, 0.3) is 11.8 Å². The summed E-state index contributed by atoms with van der Waals surface area (Å²) in [6.07, 6.45) is 0.960. The topological polar surface area (TPSA) is 49.4 Å². The van der Waals surface area contributed by atoms with Crippen molar-refractivity contribution in [2.75, 3.05) is 11.9 Å². The molecule has 0 spiro atoms. The highest BCUT2D eigenvalue weighted by molar-refractivity contribution is 6.13. The first kappa shape index (κ1) is 15.3. The highest BCUT2D eigenvalue weighted by Crippen LogP contribution is 2.26. The molecule has 0 bridgehead atoms. The Balaban J connectivity index is 1.86. The second-order valence-corrected chi connectivity index (χ2v) is 5.66. The van der Waals surface area contributed by atoms with Crippen molar-refractivity contribution >= 4 is 17.5 Å². The van der Waals surface area contributed by atoms with Crippen molar-refractivity contribution in [1.29, 1.82) is 0 Å². The Labute approximate surface area is 136 Å². The van der Waals surface area contributed by atoms with Gasteiger partial charge in [0, 0.05) is 18.8 Å². The molecule has 0 radical (unpaired) electrons. The average molecular weight is 308 g/mol. The number of anilines is 1. The molecule has 1 heterocycles. The van der Waals surface area contributed by atoms with Crippen molar-refractivity contribution in [3.8, 4) is 0 Å². The van der Waals surface area contributed by atoms with E-state index in [1.54, 1.807) is 11.0 Å². The molecular formula is C19H20N2O2. The second kappa shape index (κ2) is 6.24. The summed E-state index contributed by atoms with van der Waals surface area (Å²) in [7, 11) is 0. The molecule has 2 aromatic carbocycles. The van der Waals surface area contributed by atoms with Gasteiger partial charge in [-0.3, -0.25) is 9.59 Å². The molecule has 0 aromatic heterocycles. The van der Waals surface area contributed by atoms with Gasteiger partial charge in [0.15, 0.2) is 0 Å². The van der Waals surface area contributed by atoms with E-state index in [1.807, 2.05) is 43.3 Å². The SMILES string of the molecule is CCc1ccc(NC(=O)c2cccc3c2C(=O)N(CC)C3)cc1. The van der Waals surface area contributed by atoms with Crippen LogP contribution in [0, 0.1) is 0 Å². The summed E-state index contributed by atoms with van der Waals surface area (Å²) in [6.45, 7) is 5.26. The molecule has 0 unspecified atom stereocenters. The van der Waals surface area contributed by atoms with Gasteiger partial charge in [-0.2, -0.15) is 0 Å². The van der Waals surface area contributed by atoms with Crippen LogP contribution in [-0.2, 0) is 13.0 Å². The fourth-order valence-corrected chi connectivity index (χ4v) is 2.89. The van der Waals surface area contributed by atoms with E-state index >= 15 is 0 Å². The molecule has 1 aliphatic heterocycles. The summed E-state index contributed by atoms with van der Waals surface area (Å²) < 4.78 is 0. The predicted molar refractivity (Wildman–Crippen MR) is 90.6 cm³/mol. The molecule has 0 atom stereocenters. The van der Waals surface area contributed by atoms with E-state index in [9.17, 15) is 9.59 Å². The number of benzene rings is 2. The van der Waals surface area contributed by atoms with Crippen LogP contribution in [0.5, 0.6) is 0 Å². The Morgan fingerprint density at radius 2 is 1.87 bits per heavy atom. The molecule has 23 heavy (non-hydrogen) atoms. The first-order chi connectivity index (χ1) is 11.1. The molecule has 0 saturated heterocycles. The fourth-order valence-electron chi connectivity index (χ4n) is 2.89. The third-order valence-electron chi connectivity index (χ3n) is 4.26. The number of amides is 2. The zero-order chi connectivity index (χ0) is 16.4. The third-order valence-corrected chi connectivity index (χ3v) is 4.26. The number of fused-ring (bicyclic) bond motifs is 1. The van der Waals surface area contributed by atoms with Crippen LogP contribution in [0.15, 0.2) is 42.5 Å². The Morgan fingerprint density at radius 3 is 2.52 bits per heavy atom. The number of rotatable bonds is 4. The Bertz CT molecular complexity index is 750. The monoisotopic (exact) mass is 308 g/mol. The summed E-state index contributed by atoms with van der Waals surface area (Å²) >= 11 is 0. The lowest BCUT2D eigenvalue weighted by Gasteiger charge is -2.12. The van der Waals surface area contributed by atoms with Crippen LogP contribution in [0.25, 0.3) is 0 Å². The van der Waals surface area contributed by atoms with Gasteiger partial charge in [-0.15, -0.1) is 0 Å². The highest BCUT2D eigenvalue weighted by atomic mass is 16.2. The summed E-state index contributed by atoms with van der Waals surface area (Å²) in [4.78, 5) is 26.8. The lowest BCUT2D eigenvalue weighted by molar-refractivity contribution is 0.0783. The average Bonchev–Trinajstić information content (AvgIpc) is 2.92. The van der Waals surface area contributed by atoms with Gasteiger partial charge in [0.05, 0.1) is 11.1 Å². The summed E-state index contributed by atoms with van der Waals surface area (Å²) in [5.41, 5.74) is 3.87. The van der Waals surface area contributed by atoms with Gasteiger partial charge in [-0.25, -0.2) is 0 Å². The molecular weight excluding hydrogens is 288 g/mol. The standard InChI is InChI=1S/C19H20N2O2/c1-3-13-8-10-15(11-9-13)20-18(22)16-7-5-6-14-12-21(4-2)19(23)17(14)16/h5-11H,3-4,12H2,1-2H3,(H,20,22). The van der Waals surface area contributed by atoms with Crippen molar-refractivity contribution in [2.24, 2.45) is 0 Å². The van der Waals surface area contributed by atoms with Crippen molar-refractivity contribution in [3.63, 3.8) is 0 Å². The van der Waals surface area contributed by atoms with E-state index in [0.29, 0.717) is 24.2 Å². The van der Waals surface area contributed by atoms with Gasteiger partial charge in [-0.05, 0) is 42.7 Å². The van der Waals surface area contributed by atoms with Gasteiger partial charge in [0.2, 0.25) is 0 Å². The van der Waals surface area contributed by atoms with Crippen LogP contribution in [0.1, 0.15) is 45.7 Å². The Hall–Kier alpha value is -2.62. The number of hydrogen-bond donors (Lipinski definition) is 1. The molecule has 2 aromatic rings. The van der Waals surface area contributed by atoms with Crippen LogP contribution in [0.3, 0.4) is 0 Å². The maximum absolute atomic E-state index is 12.6. The molecule has 1 N–H and O–H groups in total. The molecule has 3 rings (SSSR count). The van der Waals surface area contributed by atoms with Gasteiger partial charge in [-0.1, -0.05) is 31.2 Å². The largest absolute Gasteiger partial charge is 0.335 e.